The Labute approximate surface area is 123 Å². The van der Waals surface area contributed by atoms with Crippen LogP contribution in [0.5, 0.6) is 0 Å². The number of ether oxygens (including phenoxy) is 2. The van der Waals surface area contributed by atoms with Gasteiger partial charge in [0, 0.05) is 13.7 Å². The molecule has 1 aromatic heterocycles. The lowest BCUT2D eigenvalue weighted by Gasteiger charge is -2.28. The largest absolute Gasteiger partial charge is 0.383 e. The van der Waals surface area contributed by atoms with Gasteiger partial charge in [0.15, 0.2) is 0 Å². The maximum atomic E-state index is 6.39. The van der Waals surface area contributed by atoms with Gasteiger partial charge in [-0.05, 0) is 28.8 Å². The Balaban J connectivity index is 2.95. The topological polar surface area (TPSA) is 62.3 Å². The van der Waals surface area contributed by atoms with Gasteiger partial charge in [0.05, 0.1) is 41.7 Å². The van der Waals surface area contributed by atoms with Gasteiger partial charge in [-0.1, -0.05) is 13.8 Å². The van der Waals surface area contributed by atoms with E-state index in [1.807, 2.05) is 11.6 Å². The molecule has 2 unspecified atom stereocenters. The molecule has 6 heteroatoms. The van der Waals surface area contributed by atoms with Crippen LogP contribution >= 0.6 is 15.9 Å². The third kappa shape index (κ3) is 4.27. The molecule has 0 aliphatic rings. The van der Waals surface area contributed by atoms with E-state index in [1.165, 1.54) is 0 Å². The van der Waals surface area contributed by atoms with Crippen LogP contribution in [0.15, 0.2) is 10.7 Å². The van der Waals surface area contributed by atoms with Crippen molar-refractivity contribution in [2.24, 2.45) is 11.7 Å². The van der Waals surface area contributed by atoms with Crippen LogP contribution in [0.2, 0.25) is 0 Å². The van der Waals surface area contributed by atoms with Crippen molar-refractivity contribution < 1.29 is 9.47 Å². The molecule has 2 N–H and O–H groups in total. The Morgan fingerprint density at radius 2 is 2.16 bits per heavy atom. The summed E-state index contributed by atoms with van der Waals surface area (Å²) in [4.78, 5) is 0. The Bertz CT molecular complexity index is 382. The van der Waals surface area contributed by atoms with Crippen LogP contribution in [0.25, 0.3) is 0 Å². The average Bonchev–Trinajstić information content (AvgIpc) is 2.73. The third-order valence-corrected chi connectivity index (χ3v) is 3.64. The molecular formula is C13H24BrN3O2. The molecule has 1 aromatic rings. The standard InChI is InChI=1S/C13H24BrN3O2/c1-5-19-13(9(2)3)11(15)12-10(14)8-16-17(12)6-7-18-4/h8-9,11,13H,5-7,15H2,1-4H3. The van der Waals surface area contributed by atoms with Gasteiger partial charge < -0.3 is 15.2 Å². The molecule has 0 spiro atoms. The second-order valence-corrected chi connectivity index (χ2v) is 5.64. The van der Waals surface area contributed by atoms with E-state index in [-0.39, 0.29) is 12.1 Å². The van der Waals surface area contributed by atoms with Crippen molar-refractivity contribution in [3.8, 4) is 0 Å². The number of nitrogens with zero attached hydrogens (tertiary/aromatic N) is 2. The molecule has 0 radical (unpaired) electrons. The lowest BCUT2D eigenvalue weighted by molar-refractivity contribution is 0.00986. The Kier molecular flexibility index (Phi) is 6.99. The summed E-state index contributed by atoms with van der Waals surface area (Å²) in [5.74, 6) is 0.340. The fourth-order valence-corrected chi connectivity index (χ4v) is 2.68. The fourth-order valence-electron chi connectivity index (χ4n) is 2.12. The molecule has 0 fully saturated rings. The first-order valence-electron chi connectivity index (χ1n) is 6.60. The average molecular weight is 334 g/mol. The zero-order valence-corrected chi connectivity index (χ0v) is 13.7. The molecule has 0 aliphatic carbocycles. The number of aromatic nitrogens is 2. The predicted octanol–water partition coefficient (Wildman–Crippen LogP) is 2.35. The summed E-state index contributed by atoms with van der Waals surface area (Å²) in [5.41, 5.74) is 7.35. The van der Waals surface area contributed by atoms with E-state index < -0.39 is 0 Å². The van der Waals surface area contributed by atoms with Gasteiger partial charge in [0.25, 0.3) is 0 Å². The molecule has 0 amide bonds. The minimum absolute atomic E-state index is 0.0284. The monoisotopic (exact) mass is 333 g/mol. The second-order valence-electron chi connectivity index (χ2n) is 4.78. The van der Waals surface area contributed by atoms with Gasteiger partial charge in [-0.3, -0.25) is 4.68 Å². The zero-order chi connectivity index (χ0) is 14.4. The maximum Gasteiger partial charge on any atom is 0.0805 e. The summed E-state index contributed by atoms with van der Waals surface area (Å²) in [7, 11) is 1.68. The van der Waals surface area contributed by atoms with E-state index >= 15 is 0 Å². The molecular weight excluding hydrogens is 310 g/mol. The van der Waals surface area contributed by atoms with Crippen LogP contribution in [0.4, 0.5) is 0 Å². The van der Waals surface area contributed by atoms with E-state index in [9.17, 15) is 0 Å². The van der Waals surface area contributed by atoms with Crippen molar-refractivity contribution in [2.75, 3.05) is 20.3 Å². The molecule has 0 saturated carbocycles. The lowest BCUT2D eigenvalue weighted by Crippen LogP contribution is -2.35. The Morgan fingerprint density at radius 1 is 1.47 bits per heavy atom. The van der Waals surface area contributed by atoms with Crippen molar-refractivity contribution in [2.45, 2.75) is 39.5 Å². The fraction of sp³-hybridized carbons (Fsp3) is 0.769. The molecule has 0 saturated heterocycles. The lowest BCUT2D eigenvalue weighted by atomic mass is 9.97. The molecule has 110 valence electrons. The molecule has 1 heterocycles. The van der Waals surface area contributed by atoms with Crippen LogP contribution in [-0.4, -0.2) is 36.2 Å². The number of halogens is 1. The molecule has 0 aromatic carbocycles. The highest BCUT2D eigenvalue weighted by molar-refractivity contribution is 9.10. The maximum absolute atomic E-state index is 6.39. The summed E-state index contributed by atoms with van der Waals surface area (Å²) in [6.45, 7) is 8.16. The SMILES string of the molecule is CCOC(C(C)C)C(N)c1c(Br)cnn1CCOC. The zero-order valence-electron chi connectivity index (χ0n) is 12.1. The molecule has 5 nitrogen and oxygen atoms in total. The van der Waals surface area contributed by atoms with Gasteiger partial charge in [-0.15, -0.1) is 0 Å². The van der Waals surface area contributed by atoms with Crippen molar-refractivity contribution in [1.29, 1.82) is 0 Å². The number of methoxy groups -OCH3 is 1. The number of hydrogen-bond donors (Lipinski definition) is 1. The van der Waals surface area contributed by atoms with Gasteiger partial charge in [-0.25, -0.2) is 0 Å². The highest BCUT2D eigenvalue weighted by Gasteiger charge is 2.28. The highest BCUT2D eigenvalue weighted by Crippen LogP contribution is 2.28. The van der Waals surface area contributed by atoms with Crippen LogP contribution in [0, 0.1) is 5.92 Å². The van der Waals surface area contributed by atoms with E-state index in [0.29, 0.717) is 25.7 Å². The Morgan fingerprint density at radius 3 is 2.68 bits per heavy atom. The number of nitrogens with two attached hydrogens (primary N) is 1. The quantitative estimate of drug-likeness (QED) is 0.793. The molecule has 0 bridgehead atoms. The smallest absolute Gasteiger partial charge is 0.0805 e. The summed E-state index contributed by atoms with van der Waals surface area (Å²) >= 11 is 3.52. The third-order valence-electron chi connectivity index (χ3n) is 3.03. The Hall–Kier alpha value is -0.430. The molecule has 1 rings (SSSR count). The van der Waals surface area contributed by atoms with Crippen LogP contribution in [0.3, 0.4) is 0 Å². The molecule has 0 aliphatic heterocycles. The van der Waals surface area contributed by atoms with Crippen molar-refractivity contribution >= 4 is 15.9 Å². The van der Waals surface area contributed by atoms with Crippen LogP contribution in [-0.2, 0) is 16.0 Å². The second kappa shape index (κ2) is 7.99. The van der Waals surface area contributed by atoms with Crippen LogP contribution in [0.1, 0.15) is 32.5 Å². The normalized spacial score (nSPS) is 14.9. The highest BCUT2D eigenvalue weighted by atomic mass is 79.9. The van der Waals surface area contributed by atoms with Gasteiger partial charge in [0.2, 0.25) is 0 Å². The van der Waals surface area contributed by atoms with E-state index in [4.69, 9.17) is 15.2 Å². The van der Waals surface area contributed by atoms with Gasteiger partial charge >= 0.3 is 0 Å². The summed E-state index contributed by atoms with van der Waals surface area (Å²) in [6, 6.07) is -0.214. The molecule has 2 atom stereocenters. The van der Waals surface area contributed by atoms with Crippen LogP contribution < -0.4 is 5.73 Å². The first kappa shape index (κ1) is 16.6. The van der Waals surface area contributed by atoms with Gasteiger partial charge in [-0.2, -0.15) is 5.10 Å². The summed E-state index contributed by atoms with van der Waals surface area (Å²) in [6.07, 6.45) is 1.74. The van der Waals surface area contributed by atoms with Crippen molar-refractivity contribution in [1.82, 2.24) is 9.78 Å². The first-order chi connectivity index (χ1) is 9.02. The van der Waals surface area contributed by atoms with Crippen molar-refractivity contribution in [3.63, 3.8) is 0 Å². The van der Waals surface area contributed by atoms with Gasteiger partial charge in [0.1, 0.15) is 0 Å². The summed E-state index contributed by atoms with van der Waals surface area (Å²) in [5, 5.41) is 4.33. The first-order valence-corrected chi connectivity index (χ1v) is 7.39. The summed E-state index contributed by atoms with van der Waals surface area (Å²) < 4.78 is 13.7. The van der Waals surface area contributed by atoms with E-state index in [0.717, 1.165) is 10.2 Å². The predicted molar refractivity (Wildman–Crippen MR) is 79.0 cm³/mol. The molecule has 19 heavy (non-hydrogen) atoms. The van der Waals surface area contributed by atoms with Crippen molar-refractivity contribution in [3.05, 3.63) is 16.4 Å². The van der Waals surface area contributed by atoms with E-state index in [2.05, 4.69) is 34.9 Å². The minimum atomic E-state index is -0.214. The number of rotatable bonds is 8. The van der Waals surface area contributed by atoms with E-state index in [1.54, 1.807) is 13.3 Å². The minimum Gasteiger partial charge on any atom is -0.383 e. The number of hydrogen-bond acceptors (Lipinski definition) is 4.